The highest BCUT2D eigenvalue weighted by Crippen LogP contribution is 2.22. The van der Waals surface area contributed by atoms with Crippen molar-refractivity contribution >= 4 is 17.3 Å². The quantitative estimate of drug-likeness (QED) is 0.813. The molecule has 0 radical (unpaired) electrons. The summed E-state index contributed by atoms with van der Waals surface area (Å²) < 4.78 is 10.7. The van der Waals surface area contributed by atoms with Crippen LogP contribution < -0.4 is 19.7 Å². The summed E-state index contributed by atoms with van der Waals surface area (Å²) in [5.74, 6) is 1.68. The van der Waals surface area contributed by atoms with Gasteiger partial charge in [-0.25, -0.2) is 0 Å². The number of nitrogens with one attached hydrogen (secondary N) is 1. The fourth-order valence-corrected chi connectivity index (χ4v) is 3.18. The molecule has 1 amide bonds. The molecule has 0 unspecified atom stereocenters. The second-order valence-corrected chi connectivity index (χ2v) is 6.47. The first-order valence-corrected chi connectivity index (χ1v) is 9.32. The molecule has 1 N–H and O–H groups in total. The van der Waals surface area contributed by atoms with Crippen LogP contribution in [0.1, 0.15) is 6.92 Å². The smallest absolute Gasteiger partial charge is 0.238 e. The lowest BCUT2D eigenvalue weighted by atomic mass is 10.2. The maximum absolute atomic E-state index is 12.3. The highest BCUT2D eigenvalue weighted by Gasteiger charge is 2.19. The molecule has 1 saturated heterocycles. The van der Waals surface area contributed by atoms with Crippen LogP contribution in [0.3, 0.4) is 0 Å². The van der Waals surface area contributed by atoms with E-state index in [4.69, 9.17) is 9.47 Å². The lowest BCUT2D eigenvalue weighted by Crippen LogP contribution is -2.48. The summed E-state index contributed by atoms with van der Waals surface area (Å²) >= 11 is 0. The molecule has 0 aliphatic carbocycles. The predicted molar refractivity (Wildman–Crippen MR) is 108 cm³/mol. The van der Waals surface area contributed by atoms with Gasteiger partial charge in [-0.05, 0) is 43.3 Å². The molecule has 0 saturated carbocycles. The van der Waals surface area contributed by atoms with Gasteiger partial charge in [0.15, 0.2) is 0 Å². The van der Waals surface area contributed by atoms with Crippen LogP contribution in [-0.2, 0) is 4.79 Å². The number of methoxy groups -OCH3 is 1. The molecule has 0 bridgehead atoms. The van der Waals surface area contributed by atoms with Crippen molar-refractivity contribution in [3.05, 3.63) is 48.5 Å². The largest absolute Gasteiger partial charge is 0.497 e. The van der Waals surface area contributed by atoms with Crippen LogP contribution >= 0.6 is 0 Å². The SMILES string of the molecule is CCOc1ccc(NC(=O)CN2CCN(c3cccc(OC)c3)CC2)cc1. The van der Waals surface area contributed by atoms with Crippen molar-refractivity contribution in [2.75, 3.05) is 56.7 Å². The van der Waals surface area contributed by atoms with Gasteiger partial charge in [-0.15, -0.1) is 0 Å². The maximum atomic E-state index is 12.3. The Morgan fingerprint density at radius 3 is 2.44 bits per heavy atom. The van der Waals surface area contributed by atoms with E-state index in [-0.39, 0.29) is 5.91 Å². The average Bonchev–Trinajstić information content (AvgIpc) is 2.70. The first-order valence-electron chi connectivity index (χ1n) is 9.32. The first-order chi connectivity index (χ1) is 13.2. The highest BCUT2D eigenvalue weighted by atomic mass is 16.5. The Labute approximate surface area is 160 Å². The maximum Gasteiger partial charge on any atom is 0.238 e. The predicted octanol–water partition coefficient (Wildman–Crippen LogP) is 2.85. The van der Waals surface area contributed by atoms with E-state index in [9.17, 15) is 4.79 Å². The number of ether oxygens (including phenoxy) is 2. The number of anilines is 2. The Bertz CT molecular complexity index is 741. The molecule has 0 aromatic heterocycles. The summed E-state index contributed by atoms with van der Waals surface area (Å²) in [7, 11) is 1.68. The zero-order chi connectivity index (χ0) is 19.1. The van der Waals surface area contributed by atoms with Crippen LogP contribution in [0.5, 0.6) is 11.5 Å². The van der Waals surface area contributed by atoms with E-state index in [0.29, 0.717) is 13.2 Å². The van der Waals surface area contributed by atoms with Crippen LogP contribution in [-0.4, -0.2) is 57.2 Å². The number of hydrogen-bond acceptors (Lipinski definition) is 5. The summed E-state index contributed by atoms with van der Waals surface area (Å²) in [4.78, 5) is 16.8. The van der Waals surface area contributed by atoms with Gasteiger partial charge in [-0.2, -0.15) is 0 Å². The molecular formula is C21H27N3O3. The molecule has 144 valence electrons. The lowest BCUT2D eigenvalue weighted by Gasteiger charge is -2.35. The first kappa shape index (κ1) is 19.0. The van der Waals surface area contributed by atoms with Crippen LogP contribution in [0.4, 0.5) is 11.4 Å². The number of rotatable bonds is 7. The Kier molecular flexibility index (Phi) is 6.54. The molecule has 1 aliphatic heterocycles. The zero-order valence-corrected chi connectivity index (χ0v) is 16.0. The van der Waals surface area contributed by atoms with Crippen LogP contribution in [0, 0.1) is 0 Å². The number of carbonyl (C=O) groups excluding carboxylic acids is 1. The van der Waals surface area contributed by atoms with Gasteiger partial charge in [0.1, 0.15) is 11.5 Å². The second kappa shape index (κ2) is 9.28. The Morgan fingerprint density at radius 2 is 1.78 bits per heavy atom. The summed E-state index contributed by atoms with van der Waals surface area (Å²) in [6, 6.07) is 15.6. The third kappa shape index (κ3) is 5.37. The summed E-state index contributed by atoms with van der Waals surface area (Å²) in [6.07, 6.45) is 0. The summed E-state index contributed by atoms with van der Waals surface area (Å²) in [5.41, 5.74) is 1.95. The lowest BCUT2D eigenvalue weighted by molar-refractivity contribution is -0.117. The molecule has 0 spiro atoms. The molecule has 1 aliphatic rings. The van der Waals surface area contributed by atoms with E-state index in [1.807, 2.05) is 49.4 Å². The number of nitrogens with zero attached hydrogens (tertiary/aromatic N) is 2. The minimum atomic E-state index is 0.00832. The Hall–Kier alpha value is -2.73. The van der Waals surface area contributed by atoms with E-state index in [1.165, 1.54) is 0 Å². The van der Waals surface area contributed by atoms with Crippen molar-refractivity contribution in [3.8, 4) is 11.5 Å². The van der Waals surface area contributed by atoms with E-state index in [1.54, 1.807) is 7.11 Å². The number of benzene rings is 2. The molecule has 3 rings (SSSR count). The molecule has 6 heteroatoms. The van der Waals surface area contributed by atoms with Crippen molar-refractivity contribution in [3.63, 3.8) is 0 Å². The van der Waals surface area contributed by atoms with Gasteiger partial charge in [0.25, 0.3) is 0 Å². The number of amides is 1. The minimum Gasteiger partial charge on any atom is -0.497 e. The molecule has 1 heterocycles. The van der Waals surface area contributed by atoms with E-state index in [0.717, 1.165) is 49.1 Å². The monoisotopic (exact) mass is 369 g/mol. The van der Waals surface area contributed by atoms with Crippen LogP contribution in [0.15, 0.2) is 48.5 Å². The average molecular weight is 369 g/mol. The third-order valence-electron chi connectivity index (χ3n) is 4.61. The van der Waals surface area contributed by atoms with Gasteiger partial charge in [-0.3, -0.25) is 9.69 Å². The molecule has 27 heavy (non-hydrogen) atoms. The number of hydrogen-bond donors (Lipinski definition) is 1. The van der Waals surface area contributed by atoms with E-state index < -0.39 is 0 Å². The Morgan fingerprint density at radius 1 is 1.04 bits per heavy atom. The summed E-state index contributed by atoms with van der Waals surface area (Å²) in [5, 5.41) is 2.95. The standard InChI is InChI=1S/C21H27N3O3/c1-3-27-19-9-7-17(8-10-19)22-21(25)16-23-11-13-24(14-12-23)18-5-4-6-20(15-18)26-2/h4-10,15H,3,11-14,16H2,1-2H3,(H,22,25). The molecule has 0 atom stereocenters. The number of carbonyl (C=O) groups is 1. The van der Waals surface area contributed by atoms with Crippen molar-refractivity contribution in [1.82, 2.24) is 4.90 Å². The van der Waals surface area contributed by atoms with Crippen LogP contribution in [0.2, 0.25) is 0 Å². The van der Waals surface area contributed by atoms with Crippen LogP contribution in [0.25, 0.3) is 0 Å². The molecule has 1 fully saturated rings. The molecule has 2 aromatic rings. The van der Waals surface area contributed by atoms with Gasteiger partial charge in [-0.1, -0.05) is 6.07 Å². The van der Waals surface area contributed by atoms with Gasteiger partial charge in [0.05, 0.1) is 20.3 Å². The van der Waals surface area contributed by atoms with Gasteiger partial charge < -0.3 is 19.7 Å². The fourth-order valence-electron chi connectivity index (χ4n) is 3.18. The van der Waals surface area contributed by atoms with Crippen molar-refractivity contribution < 1.29 is 14.3 Å². The van der Waals surface area contributed by atoms with Gasteiger partial charge >= 0.3 is 0 Å². The van der Waals surface area contributed by atoms with E-state index in [2.05, 4.69) is 21.2 Å². The van der Waals surface area contributed by atoms with Gasteiger partial charge in [0.2, 0.25) is 5.91 Å². The van der Waals surface area contributed by atoms with Crippen molar-refractivity contribution in [1.29, 1.82) is 0 Å². The van der Waals surface area contributed by atoms with Crippen molar-refractivity contribution in [2.24, 2.45) is 0 Å². The van der Waals surface area contributed by atoms with Gasteiger partial charge in [0, 0.05) is 43.6 Å². The second-order valence-electron chi connectivity index (χ2n) is 6.47. The molecule has 6 nitrogen and oxygen atoms in total. The van der Waals surface area contributed by atoms with E-state index >= 15 is 0 Å². The fraction of sp³-hybridized carbons (Fsp3) is 0.381. The normalized spacial score (nSPS) is 14.7. The topological polar surface area (TPSA) is 54.0 Å². The molecule has 2 aromatic carbocycles. The minimum absolute atomic E-state index is 0.00832. The highest BCUT2D eigenvalue weighted by molar-refractivity contribution is 5.92. The van der Waals surface area contributed by atoms with Crippen molar-refractivity contribution in [2.45, 2.75) is 6.92 Å². The Balaban J connectivity index is 1.46. The number of piperazine rings is 1. The third-order valence-corrected chi connectivity index (χ3v) is 4.61. The molecular weight excluding hydrogens is 342 g/mol. The zero-order valence-electron chi connectivity index (χ0n) is 16.0. The summed E-state index contributed by atoms with van der Waals surface area (Å²) in [6.45, 7) is 6.48.